The number of nitrogens with one attached hydrogen (secondary N) is 2. The zero-order valence-corrected chi connectivity index (χ0v) is 13.3. The van der Waals surface area contributed by atoms with Crippen LogP contribution in [0, 0.1) is 12.3 Å². The molecule has 0 bridgehead atoms. The van der Waals surface area contributed by atoms with Gasteiger partial charge < -0.3 is 15.4 Å². The van der Waals surface area contributed by atoms with E-state index < -0.39 is 0 Å². The molecule has 1 fully saturated rings. The van der Waals surface area contributed by atoms with Gasteiger partial charge in [-0.05, 0) is 63.9 Å². The number of hydrogen-bond donors (Lipinski definition) is 2. The van der Waals surface area contributed by atoms with E-state index in [1.54, 1.807) is 0 Å². The first-order valence-corrected chi connectivity index (χ1v) is 7.87. The van der Waals surface area contributed by atoms with Gasteiger partial charge in [0.15, 0.2) is 0 Å². The second kappa shape index (κ2) is 6.94. The molecule has 0 aliphatic carbocycles. The number of aryl methyl sites for hydroxylation is 1. The third-order valence-electron chi connectivity index (χ3n) is 4.40. The monoisotopic (exact) mass is 290 g/mol. The largest absolute Gasteiger partial charge is 0.492 e. The van der Waals surface area contributed by atoms with Crippen LogP contribution >= 0.6 is 0 Å². The van der Waals surface area contributed by atoms with Crippen molar-refractivity contribution in [3.05, 3.63) is 23.8 Å². The number of anilines is 1. The van der Waals surface area contributed by atoms with Gasteiger partial charge in [-0.15, -0.1) is 0 Å². The summed E-state index contributed by atoms with van der Waals surface area (Å²) in [6.45, 7) is 8.49. The van der Waals surface area contributed by atoms with E-state index in [-0.39, 0.29) is 11.3 Å². The molecule has 4 nitrogen and oxygen atoms in total. The molecule has 1 heterocycles. The Balaban J connectivity index is 2.18. The summed E-state index contributed by atoms with van der Waals surface area (Å²) >= 11 is 0. The minimum Gasteiger partial charge on any atom is -0.492 e. The summed E-state index contributed by atoms with van der Waals surface area (Å²) in [5.41, 5.74) is 1.65. The van der Waals surface area contributed by atoms with E-state index in [2.05, 4.69) is 17.6 Å². The predicted molar refractivity (Wildman–Crippen MR) is 85.8 cm³/mol. The van der Waals surface area contributed by atoms with Crippen LogP contribution in [0.3, 0.4) is 0 Å². The molecular formula is C17H26N2O2. The topological polar surface area (TPSA) is 50.4 Å². The van der Waals surface area contributed by atoms with Crippen molar-refractivity contribution in [2.24, 2.45) is 5.41 Å². The maximum Gasteiger partial charge on any atom is 0.230 e. The third-order valence-corrected chi connectivity index (χ3v) is 4.40. The number of amides is 1. The molecule has 0 saturated carbocycles. The molecule has 0 unspecified atom stereocenters. The number of carbonyl (C=O) groups excluding carboxylic acids is 1. The molecule has 0 atom stereocenters. The van der Waals surface area contributed by atoms with E-state index in [1.807, 2.05) is 32.0 Å². The lowest BCUT2D eigenvalue weighted by Gasteiger charge is -2.35. The summed E-state index contributed by atoms with van der Waals surface area (Å²) < 4.78 is 5.65. The second-order valence-corrected chi connectivity index (χ2v) is 5.77. The van der Waals surface area contributed by atoms with E-state index in [0.717, 1.165) is 49.4 Å². The fourth-order valence-electron chi connectivity index (χ4n) is 2.91. The molecule has 116 valence electrons. The van der Waals surface area contributed by atoms with Gasteiger partial charge in [-0.25, -0.2) is 0 Å². The highest BCUT2D eigenvalue weighted by Crippen LogP contribution is 2.35. The van der Waals surface area contributed by atoms with E-state index >= 15 is 0 Å². The number of hydrogen-bond acceptors (Lipinski definition) is 3. The van der Waals surface area contributed by atoms with Gasteiger partial charge in [0.25, 0.3) is 0 Å². The Morgan fingerprint density at radius 2 is 2.05 bits per heavy atom. The molecule has 1 aromatic carbocycles. The summed E-state index contributed by atoms with van der Waals surface area (Å²) in [6, 6.07) is 5.90. The molecule has 1 aromatic rings. The van der Waals surface area contributed by atoms with E-state index in [0.29, 0.717) is 6.61 Å². The third kappa shape index (κ3) is 3.56. The van der Waals surface area contributed by atoms with Crippen LogP contribution in [0.4, 0.5) is 5.69 Å². The summed E-state index contributed by atoms with van der Waals surface area (Å²) in [4.78, 5) is 12.8. The Bertz CT molecular complexity index is 494. The van der Waals surface area contributed by atoms with Gasteiger partial charge in [0, 0.05) is 0 Å². The van der Waals surface area contributed by atoms with Crippen LogP contribution < -0.4 is 15.4 Å². The molecule has 1 saturated heterocycles. The van der Waals surface area contributed by atoms with Gasteiger partial charge in [0.1, 0.15) is 5.75 Å². The standard InChI is InChI=1S/C17H26N2O2/c1-4-17(8-10-18-11-9-17)16(20)19-14-7-6-13(3)12-15(14)21-5-2/h6-7,12,18H,4-5,8-11H2,1-3H3,(H,19,20). The van der Waals surface area contributed by atoms with Crippen molar-refractivity contribution in [3.63, 3.8) is 0 Å². The number of ether oxygens (including phenoxy) is 1. The molecule has 2 rings (SSSR count). The van der Waals surface area contributed by atoms with Crippen LogP contribution in [0.15, 0.2) is 18.2 Å². The zero-order valence-electron chi connectivity index (χ0n) is 13.3. The quantitative estimate of drug-likeness (QED) is 0.876. The summed E-state index contributed by atoms with van der Waals surface area (Å²) in [5, 5.41) is 6.42. The van der Waals surface area contributed by atoms with Crippen molar-refractivity contribution in [3.8, 4) is 5.75 Å². The van der Waals surface area contributed by atoms with E-state index in [4.69, 9.17) is 4.74 Å². The Hall–Kier alpha value is -1.55. The van der Waals surface area contributed by atoms with Gasteiger partial charge in [-0.2, -0.15) is 0 Å². The van der Waals surface area contributed by atoms with Crippen molar-refractivity contribution in [1.82, 2.24) is 5.32 Å². The molecule has 2 N–H and O–H groups in total. The lowest BCUT2D eigenvalue weighted by molar-refractivity contribution is -0.127. The summed E-state index contributed by atoms with van der Waals surface area (Å²) in [5.74, 6) is 0.877. The first-order valence-electron chi connectivity index (χ1n) is 7.87. The van der Waals surface area contributed by atoms with Crippen molar-refractivity contribution >= 4 is 11.6 Å². The molecule has 1 amide bonds. The number of benzene rings is 1. The van der Waals surface area contributed by atoms with E-state index in [9.17, 15) is 4.79 Å². The Morgan fingerprint density at radius 1 is 1.33 bits per heavy atom. The first kappa shape index (κ1) is 15.8. The summed E-state index contributed by atoms with van der Waals surface area (Å²) in [6.07, 6.45) is 2.66. The molecule has 1 aliphatic heterocycles. The zero-order chi connectivity index (χ0) is 15.3. The maximum atomic E-state index is 12.8. The minimum absolute atomic E-state index is 0.122. The van der Waals surface area contributed by atoms with Crippen LogP contribution in [0.2, 0.25) is 0 Å². The van der Waals surface area contributed by atoms with Crippen LogP contribution in [0.5, 0.6) is 5.75 Å². The smallest absolute Gasteiger partial charge is 0.230 e. The van der Waals surface area contributed by atoms with Crippen molar-refractivity contribution in [2.75, 3.05) is 25.0 Å². The Morgan fingerprint density at radius 3 is 2.67 bits per heavy atom. The molecule has 21 heavy (non-hydrogen) atoms. The van der Waals surface area contributed by atoms with E-state index in [1.165, 1.54) is 0 Å². The highest BCUT2D eigenvalue weighted by molar-refractivity contribution is 5.96. The summed E-state index contributed by atoms with van der Waals surface area (Å²) in [7, 11) is 0. The van der Waals surface area contributed by atoms with Gasteiger partial charge in [-0.1, -0.05) is 13.0 Å². The highest BCUT2D eigenvalue weighted by Gasteiger charge is 2.37. The lowest BCUT2D eigenvalue weighted by atomic mass is 9.76. The fraction of sp³-hybridized carbons (Fsp3) is 0.588. The first-order chi connectivity index (χ1) is 10.1. The van der Waals surface area contributed by atoms with Crippen molar-refractivity contribution in [2.45, 2.75) is 40.0 Å². The number of carbonyl (C=O) groups is 1. The molecule has 0 radical (unpaired) electrons. The maximum absolute atomic E-state index is 12.8. The Labute approximate surface area is 127 Å². The van der Waals surface area contributed by atoms with Crippen molar-refractivity contribution in [1.29, 1.82) is 0 Å². The van der Waals surface area contributed by atoms with Crippen molar-refractivity contribution < 1.29 is 9.53 Å². The lowest BCUT2D eigenvalue weighted by Crippen LogP contribution is -2.44. The normalized spacial score (nSPS) is 17.3. The number of rotatable bonds is 5. The second-order valence-electron chi connectivity index (χ2n) is 5.77. The molecule has 0 spiro atoms. The Kier molecular flexibility index (Phi) is 5.23. The molecular weight excluding hydrogens is 264 g/mol. The average molecular weight is 290 g/mol. The fourth-order valence-corrected chi connectivity index (χ4v) is 2.91. The van der Waals surface area contributed by atoms with Gasteiger partial charge in [-0.3, -0.25) is 4.79 Å². The minimum atomic E-state index is -0.250. The predicted octanol–water partition coefficient (Wildman–Crippen LogP) is 3.11. The van der Waals surface area contributed by atoms with Crippen LogP contribution in [-0.2, 0) is 4.79 Å². The average Bonchev–Trinajstić information content (AvgIpc) is 2.51. The van der Waals surface area contributed by atoms with Gasteiger partial charge >= 0.3 is 0 Å². The molecule has 0 aromatic heterocycles. The molecule has 4 heteroatoms. The number of piperidine rings is 1. The SMILES string of the molecule is CCOc1cc(C)ccc1NC(=O)C1(CC)CCNCC1. The van der Waals surface area contributed by atoms with Gasteiger partial charge in [0.05, 0.1) is 17.7 Å². The highest BCUT2D eigenvalue weighted by atomic mass is 16.5. The molecule has 1 aliphatic rings. The van der Waals surface area contributed by atoms with Crippen LogP contribution in [-0.4, -0.2) is 25.6 Å². The van der Waals surface area contributed by atoms with Crippen LogP contribution in [0.25, 0.3) is 0 Å². The van der Waals surface area contributed by atoms with Gasteiger partial charge in [0.2, 0.25) is 5.91 Å². The van der Waals surface area contributed by atoms with Crippen LogP contribution in [0.1, 0.15) is 38.7 Å².